The number of ether oxygens (including phenoxy) is 1. The van der Waals surface area contributed by atoms with Crippen molar-refractivity contribution in [2.75, 3.05) is 13.1 Å². The van der Waals surface area contributed by atoms with Crippen LogP contribution in [-0.2, 0) is 19.5 Å². The highest BCUT2D eigenvalue weighted by atomic mass is 79.9. The van der Waals surface area contributed by atoms with E-state index in [4.69, 9.17) is 0 Å². The lowest BCUT2D eigenvalue weighted by Crippen LogP contribution is -2.39. The zero-order valence-electron chi connectivity index (χ0n) is 15.3. The van der Waals surface area contributed by atoms with E-state index in [1.165, 1.54) is 6.07 Å². The third-order valence-electron chi connectivity index (χ3n) is 3.65. The number of aryl methyl sites for hydroxylation is 1. The molecule has 0 atom stereocenters. The minimum atomic E-state index is -2.88. The van der Waals surface area contributed by atoms with Crippen molar-refractivity contribution in [3.63, 3.8) is 0 Å². The maximum Gasteiger partial charge on any atom is 0.387 e. The first-order valence-electron chi connectivity index (χ1n) is 8.65. The maximum absolute atomic E-state index is 12.6. The Bertz CT molecular complexity index is 753. The number of rotatable bonds is 9. The lowest BCUT2D eigenvalue weighted by molar-refractivity contribution is -0.0504. The van der Waals surface area contributed by atoms with E-state index in [1.54, 1.807) is 18.5 Å². The van der Waals surface area contributed by atoms with Crippen molar-refractivity contribution in [3.05, 3.63) is 40.4 Å². The molecule has 0 saturated heterocycles. The zero-order chi connectivity index (χ0) is 19.6. The smallest absolute Gasteiger partial charge is 0.387 e. The topological polar surface area (TPSA) is 76.4 Å². The Morgan fingerprint density at radius 3 is 2.85 bits per heavy atom. The molecule has 2 rings (SSSR count). The number of hydrogen-bond acceptors (Lipinski definition) is 4. The van der Waals surface area contributed by atoms with Crippen LogP contribution in [0.4, 0.5) is 8.78 Å². The lowest BCUT2D eigenvalue weighted by atomic mass is 10.2. The number of aromatic nitrogens is 3. The average molecular weight is 445 g/mol. The standard InChI is InChI=1S/C17H23BrF2N6O/c1-3-15-25-24-11-26(15)8-7-22-17(21-4-2)23-10-12-9-13(18)5-6-14(12)27-16(19)20/h5-6,9,11,16H,3-4,7-8,10H2,1-2H3,(H2,21,22,23). The Morgan fingerprint density at radius 2 is 2.15 bits per heavy atom. The van der Waals surface area contributed by atoms with Crippen LogP contribution in [0.1, 0.15) is 25.2 Å². The van der Waals surface area contributed by atoms with E-state index in [-0.39, 0.29) is 12.3 Å². The molecule has 27 heavy (non-hydrogen) atoms. The largest absolute Gasteiger partial charge is 0.434 e. The molecule has 1 aromatic carbocycles. The third-order valence-corrected chi connectivity index (χ3v) is 4.14. The van der Waals surface area contributed by atoms with Crippen molar-refractivity contribution >= 4 is 21.9 Å². The zero-order valence-corrected chi connectivity index (χ0v) is 16.8. The van der Waals surface area contributed by atoms with Gasteiger partial charge in [-0.2, -0.15) is 8.78 Å². The van der Waals surface area contributed by atoms with Crippen LogP contribution in [0.3, 0.4) is 0 Å². The molecule has 0 unspecified atom stereocenters. The Balaban J connectivity index is 2.01. The van der Waals surface area contributed by atoms with Crippen LogP contribution < -0.4 is 15.4 Å². The fourth-order valence-corrected chi connectivity index (χ4v) is 2.83. The van der Waals surface area contributed by atoms with Gasteiger partial charge in [0.05, 0.1) is 6.54 Å². The number of nitrogens with one attached hydrogen (secondary N) is 2. The van der Waals surface area contributed by atoms with E-state index in [0.29, 0.717) is 31.2 Å². The summed E-state index contributed by atoms with van der Waals surface area (Å²) in [4.78, 5) is 4.46. The molecule has 0 saturated carbocycles. The van der Waals surface area contributed by atoms with E-state index in [0.717, 1.165) is 16.7 Å². The summed E-state index contributed by atoms with van der Waals surface area (Å²) in [5.74, 6) is 1.62. The quantitative estimate of drug-likeness (QED) is 0.459. The van der Waals surface area contributed by atoms with Gasteiger partial charge in [0.25, 0.3) is 0 Å². The monoisotopic (exact) mass is 444 g/mol. The van der Waals surface area contributed by atoms with Gasteiger partial charge in [-0.25, -0.2) is 4.99 Å². The van der Waals surface area contributed by atoms with Gasteiger partial charge < -0.3 is 19.9 Å². The minimum Gasteiger partial charge on any atom is -0.434 e. The molecule has 148 valence electrons. The fourth-order valence-electron chi connectivity index (χ4n) is 2.42. The lowest BCUT2D eigenvalue weighted by Gasteiger charge is -2.13. The Morgan fingerprint density at radius 1 is 1.33 bits per heavy atom. The van der Waals surface area contributed by atoms with Crippen LogP contribution in [0.15, 0.2) is 34.0 Å². The van der Waals surface area contributed by atoms with Crippen LogP contribution in [0.5, 0.6) is 5.75 Å². The van der Waals surface area contributed by atoms with Crippen molar-refractivity contribution in [2.45, 2.75) is 40.0 Å². The second-order valence-corrected chi connectivity index (χ2v) is 6.46. The average Bonchev–Trinajstić information content (AvgIpc) is 3.08. The van der Waals surface area contributed by atoms with E-state index < -0.39 is 6.61 Å². The molecule has 2 N–H and O–H groups in total. The SMILES string of the molecule is CCNC(=NCc1cc(Br)ccc1OC(F)F)NCCn1cnnc1CC. The number of benzene rings is 1. The fraction of sp³-hybridized carbons (Fsp3) is 0.471. The molecule has 1 aromatic heterocycles. The molecule has 1 heterocycles. The van der Waals surface area contributed by atoms with Crippen LogP contribution in [0.2, 0.25) is 0 Å². The second-order valence-electron chi connectivity index (χ2n) is 5.55. The molecule has 0 bridgehead atoms. The molecule has 10 heteroatoms. The summed E-state index contributed by atoms with van der Waals surface area (Å²) in [6.45, 7) is 3.29. The molecular weight excluding hydrogens is 422 g/mol. The summed E-state index contributed by atoms with van der Waals surface area (Å²) in [5, 5.41) is 14.3. The van der Waals surface area contributed by atoms with Crippen molar-refractivity contribution in [1.29, 1.82) is 0 Å². The van der Waals surface area contributed by atoms with Gasteiger partial charge >= 0.3 is 6.61 Å². The summed E-state index contributed by atoms with van der Waals surface area (Å²) < 4.78 is 32.5. The molecule has 2 aromatic rings. The number of halogens is 3. The molecule has 0 aliphatic heterocycles. The Hall–Kier alpha value is -2.23. The van der Waals surface area contributed by atoms with Crippen LogP contribution in [-0.4, -0.2) is 40.4 Å². The molecular formula is C17H23BrF2N6O. The number of nitrogens with zero attached hydrogens (tertiary/aromatic N) is 4. The highest BCUT2D eigenvalue weighted by molar-refractivity contribution is 9.10. The van der Waals surface area contributed by atoms with E-state index in [2.05, 4.69) is 46.5 Å². The highest BCUT2D eigenvalue weighted by Gasteiger charge is 2.10. The maximum atomic E-state index is 12.6. The van der Waals surface area contributed by atoms with Crippen molar-refractivity contribution in [1.82, 2.24) is 25.4 Å². The molecule has 0 fully saturated rings. The van der Waals surface area contributed by atoms with Crippen LogP contribution in [0.25, 0.3) is 0 Å². The third kappa shape index (κ3) is 6.78. The predicted octanol–water partition coefficient (Wildman–Crippen LogP) is 2.96. The van der Waals surface area contributed by atoms with Crippen molar-refractivity contribution in [3.8, 4) is 5.75 Å². The van der Waals surface area contributed by atoms with Gasteiger partial charge in [-0.3, -0.25) is 0 Å². The van der Waals surface area contributed by atoms with Crippen LogP contribution >= 0.6 is 15.9 Å². The number of alkyl halides is 2. The van der Waals surface area contributed by atoms with Gasteiger partial charge in [0.1, 0.15) is 17.9 Å². The Labute approximate surface area is 165 Å². The van der Waals surface area contributed by atoms with E-state index in [1.807, 2.05) is 18.4 Å². The molecule has 0 amide bonds. The summed E-state index contributed by atoms with van der Waals surface area (Å²) in [7, 11) is 0. The summed E-state index contributed by atoms with van der Waals surface area (Å²) >= 11 is 3.34. The van der Waals surface area contributed by atoms with Gasteiger partial charge in [-0.15, -0.1) is 10.2 Å². The molecule has 0 radical (unpaired) electrons. The molecule has 0 aliphatic rings. The number of aliphatic imine (C=N–C) groups is 1. The minimum absolute atomic E-state index is 0.116. The summed E-state index contributed by atoms with van der Waals surface area (Å²) in [6, 6.07) is 4.87. The van der Waals surface area contributed by atoms with E-state index >= 15 is 0 Å². The Kier molecular flexibility index (Phi) is 8.43. The predicted molar refractivity (Wildman–Crippen MR) is 103 cm³/mol. The van der Waals surface area contributed by atoms with Gasteiger partial charge in [0, 0.05) is 36.1 Å². The normalized spacial score (nSPS) is 11.7. The summed E-state index contributed by atoms with van der Waals surface area (Å²) in [5.41, 5.74) is 0.564. The number of guanidine groups is 1. The molecule has 0 aliphatic carbocycles. The first-order chi connectivity index (χ1) is 13.0. The van der Waals surface area contributed by atoms with Gasteiger partial charge in [-0.1, -0.05) is 22.9 Å². The van der Waals surface area contributed by atoms with Crippen molar-refractivity contribution < 1.29 is 13.5 Å². The first kappa shape index (κ1) is 21.1. The highest BCUT2D eigenvalue weighted by Crippen LogP contribution is 2.25. The van der Waals surface area contributed by atoms with Crippen LogP contribution in [0, 0.1) is 0 Å². The van der Waals surface area contributed by atoms with Gasteiger partial charge in [-0.05, 0) is 25.1 Å². The summed E-state index contributed by atoms with van der Waals surface area (Å²) in [6.07, 6.45) is 2.50. The first-order valence-corrected chi connectivity index (χ1v) is 9.44. The van der Waals surface area contributed by atoms with E-state index in [9.17, 15) is 8.78 Å². The van der Waals surface area contributed by atoms with Gasteiger partial charge in [0.15, 0.2) is 5.96 Å². The van der Waals surface area contributed by atoms with Gasteiger partial charge in [0.2, 0.25) is 0 Å². The molecule has 7 nitrogen and oxygen atoms in total. The second kappa shape index (κ2) is 10.8. The number of hydrogen-bond donors (Lipinski definition) is 2. The molecule has 0 spiro atoms. The van der Waals surface area contributed by atoms with Crippen molar-refractivity contribution in [2.24, 2.45) is 4.99 Å².